The molecule has 0 bridgehead atoms. The SMILES string of the molecule is c1ccc(N(c2cccc(N(c3ccccc3)c3ccc4c(c3)c3ccccc3n4-c3ccccc3)c2)c2ccc3c(ccc4c5ccccc5[se]c34)c2)cc1. The third-order valence-corrected chi connectivity index (χ3v) is 13.5. The van der Waals surface area contributed by atoms with E-state index in [1.807, 2.05) is 0 Å². The average molecular weight is 781 g/mol. The van der Waals surface area contributed by atoms with E-state index in [-0.39, 0.29) is 0 Å². The Morgan fingerprint density at radius 1 is 0.321 bits per heavy atom. The number of anilines is 6. The summed E-state index contributed by atoms with van der Waals surface area (Å²) in [6.45, 7) is 0. The van der Waals surface area contributed by atoms with Gasteiger partial charge in [-0.25, -0.2) is 0 Å². The monoisotopic (exact) mass is 781 g/mol. The van der Waals surface area contributed by atoms with Gasteiger partial charge in [-0.1, -0.05) is 54.6 Å². The van der Waals surface area contributed by atoms with E-state index >= 15 is 0 Å². The molecule has 56 heavy (non-hydrogen) atoms. The van der Waals surface area contributed by atoms with E-state index in [4.69, 9.17) is 0 Å². The van der Waals surface area contributed by atoms with E-state index in [0.29, 0.717) is 14.5 Å². The molecule has 0 spiro atoms. The molecule has 0 saturated heterocycles. The predicted octanol–water partition coefficient (Wildman–Crippen LogP) is 14.2. The Kier molecular flexibility index (Phi) is 7.84. The number of para-hydroxylation sites is 4. The summed E-state index contributed by atoms with van der Waals surface area (Å²) < 4.78 is 5.33. The van der Waals surface area contributed by atoms with Gasteiger partial charge in [-0.05, 0) is 24.3 Å². The van der Waals surface area contributed by atoms with Crippen LogP contribution in [0.5, 0.6) is 0 Å². The molecule has 0 N–H and O–H groups in total. The zero-order valence-electron chi connectivity index (χ0n) is 30.5. The number of hydrogen-bond acceptors (Lipinski definition) is 2. The molecule has 2 aromatic heterocycles. The van der Waals surface area contributed by atoms with E-state index in [1.165, 1.54) is 51.9 Å². The molecular weight excluding hydrogens is 746 g/mol. The van der Waals surface area contributed by atoms with Gasteiger partial charge in [0.05, 0.1) is 11.0 Å². The Bertz CT molecular complexity index is 3200. The molecule has 0 aliphatic rings. The molecule has 0 aliphatic heterocycles. The number of benzene rings is 9. The van der Waals surface area contributed by atoms with Crippen LogP contribution >= 0.6 is 0 Å². The third-order valence-electron chi connectivity index (χ3n) is 10.9. The van der Waals surface area contributed by atoms with E-state index in [0.717, 1.165) is 39.8 Å². The first-order valence-corrected chi connectivity index (χ1v) is 20.7. The van der Waals surface area contributed by atoms with Gasteiger partial charge in [-0.2, -0.15) is 0 Å². The Morgan fingerprint density at radius 2 is 0.857 bits per heavy atom. The minimum absolute atomic E-state index is 0.292. The second kappa shape index (κ2) is 13.5. The molecule has 4 heteroatoms. The molecule has 3 nitrogen and oxygen atoms in total. The molecule has 0 radical (unpaired) electrons. The molecule has 264 valence electrons. The molecular formula is C52H35N3Se. The van der Waals surface area contributed by atoms with Gasteiger partial charge in [-0.15, -0.1) is 0 Å². The molecule has 11 aromatic rings. The van der Waals surface area contributed by atoms with Crippen LogP contribution in [-0.4, -0.2) is 19.1 Å². The van der Waals surface area contributed by atoms with Crippen LogP contribution in [0.1, 0.15) is 0 Å². The van der Waals surface area contributed by atoms with Crippen molar-refractivity contribution in [2.24, 2.45) is 0 Å². The number of aromatic nitrogens is 1. The fourth-order valence-electron chi connectivity index (χ4n) is 8.41. The van der Waals surface area contributed by atoms with Gasteiger partial charge in [0.2, 0.25) is 0 Å². The van der Waals surface area contributed by atoms with Crippen LogP contribution in [0.2, 0.25) is 0 Å². The van der Waals surface area contributed by atoms with Crippen molar-refractivity contribution in [1.82, 2.24) is 4.57 Å². The summed E-state index contributed by atoms with van der Waals surface area (Å²) in [6, 6.07) is 77.2. The summed E-state index contributed by atoms with van der Waals surface area (Å²) in [5.74, 6) is 0. The molecule has 0 saturated carbocycles. The predicted molar refractivity (Wildman–Crippen MR) is 240 cm³/mol. The van der Waals surface area contributed by atoms with Crippen LogP contribution in [-0.2, 0) is 0 Å². The maximum absolute atomic E-state index is 2.38. The van der Waals surface area contributed by atoms with Crippen molar-refractivity contribution in [1.29, 1.82) is 0 Å². The van der Waals surface area contributed by atoms with Gasteiger partial charge in [0.15, 0.2) is 0 Å². The zero-order valence-corrected chi connectivity index (χ0v) is 32.2. The van der Waals surface area contributed by atoms with Crippen molar-refractivity contribution in [3.8, 4) is 5.69 Å². The van der Waals surface area contributed by atoms with Gasteiger partial charge in [-0.3, -0.25) is 0 Å². The van der Waals surface area contributed by atoms with Gasteiger partial charge >= 0.3 is 222 Å². The maximum atomic E-state index is 2.38. The normalized spacial score (nSPS) is 11.6. The molecule has 2 heterocycles. The van der Waals surface area contributed by atoms with Crippen LogP contribution in [0.4, 0.5) is 34.1 Å². The van der Waals surface area contributed by atoms with E-state index in [9.17, 15) is 0 Å². The number of hydrogen-bond donors (Lipinski definition) is 0. The Labute approximate surface area is 331 Å². The van der Waals surface area contributed by atoms with Crippen molar-refractivity contribution in [2.75, 3.05) is 9.80 Å². The first-order chi connectivity index (χ1) is 27.8. The summed E-state index contributed by atoms with van der Waals surface area (Å²) >= 11 is 0.292. The summed E-state index contributed by atoms with van der Waals surface area (Å²) in [5, 5.41) is 7.84. The number of nitrogens with zero attached hydrogens (tertiary/aromatic N) is 3. The Morgan fingerprint density at radius 3 is 1.59 bits per heavy atom. The first-order valence-electron chi connectivity index (χ1n) is 19.0. The standard InChI is InChI=1S/C52H35N3Se/c1-4-15-37(16-5-1)53(42-28-31-44-36(33-42)27-30-47-46-24-11-13-26-51(46)56-52(44)47)40-21-14-22-41(34-40)54(38-17-6-2-7-18-38)43-29-32-50-48(35-43)45-23-10-12-25-49(45)55(50)39-19-8-3-9-20-39/h1-35H. The Hall–Kier alpha value is -6.84. The first kappa shape index (κ1) is 32.6. The average Bonchev–Trinajstić information content (AvgIpc) is 3.81. The molecule has 9 aromatic carbocycles. The topological polar surface area (TPSA) is 11.4 Å². The van der Waals surface area contributed by atoms with Crippen LogP contribution in [0.3, 0.4) is 0 Å². The quantitative estimate of drug-likeness (QED) is 0.149. The van der Waals surface area contributed by atoms with Crippen LogP contribution < -0.4 is 9.80 Å². The molecule has 0 amide bonds. The fourth-order valence-corrected chi connectivity index (χ4v) is 11.0. The van der Waals surface area contributed by atoms with E-state index in [1.54, 1.807) is 0 Å². The minimum atomic E-state index is 0.292. The summed E-state index contributed by atoms with van der Waals surface area (Å²) in [4.78, 5) is 4.76. The van der Waals surface area contributed by atoms with Crippen LogP contribution in [0.25, 0.3) is 57.6 Å². The van der Waals surface area contributed by atoms with E-state index in [2.05, 4.69) is 227 Å². The summed E-state index contributed by atoms with van der Waals surface area (Å²) in [7, 11) is 0. The molecule has 0 unspecified atom stereocenters. The Balaban J connectivity index is 1.07. The molecule has 11 rings (SSSR count). The fraction of sp³-hybridized carbons (Fsp3) is 0. The number of rotatable bonds is 7. The van der Waals surface area contributed by atoms with Crippen molar-refractivity contribution in [2.45, 2.75) is 0 Å². The van der Waals surface area contributed by atoms with Gasteiger partial charge in [0, 0.05) is 16.5 Å². The van der Waals surface area contributed by atoms with Crippen molar-refractivity contribution < 1.29 is 0 Å². The summed E-state index contributed by atoms with van der Waals surface area (Å²) in [6.07, 6.45) is 0. The van der Waals surface area contributed by atoms with Gasteiger partial charge in [0.25, 0.3) is 0 Å². The number of fused-ring (bicyclic) bond motifs is 8. The molecule has 0 fully saturated rings. The second-order valence-electron chi connectivity index (χ2n) is 14.2. The zero-order chi connectivity index (χ0) is 37.0. The van der Waals surface area contributed by atoms with Crippen molar-refractivity contribution in [3.05, 3.63) is 212 Å². The van der Waals surface area contributed by atoms with E-state index < -0.39 is 0 Å². The van der Waals surface area contributed by atoms with Crippen LogP contribution in [0.15, 0.2) is 212 Å². The molecule has 0 atom stereocenters. The van der Waals surface area contributed by atoms with Crippen LogP contribution in [0, 0.1) is 0 Å². The van der Waals surface area contributed by atoms with Gasteiger partial charge < -0.3 is 4.57 Å². The van der Waals surface area contributed by atoms with Crippen molar-refractivity contribution >= 4 is 100 Å². The third kappa shape index (κ3) is 5.42. The van der Waals surface area contributed by atoms with Gasteiger partial charge in [0.1, 0.15) is 0 Å². The second-order valence-corrected chi connectivity index (χ2v) is 16.4. The van der Waals surface area contributed by atoms with Crippen molar-refractivity contribution in [3.63, 3.8) is 0 Å². The summed E-state index contributed by atoms with van der Waals surface area (Å²) in [5.41, 5.74) is 10.2. The molecule has 0 aliphatic carbocycles.